The maximum Gasteiger partial charge on any atom is 0.246 e. The van der Waals surface area contributed by atoms with Gasteiger partial charge in [0.1, 0.15) is 6.04 Å². The Kier molecular flexibility index (Phi) is 5.07. The molecular weight excluding hydrogens is 284 g/mol. The van der Waals surface area contributed by atoms with Crippen LogP contribution in [-0.4, -0.2) is 66.6 Å². The molecule has 2 aliphatic rings. The summed E-state index contributed by atoms with van der Waals surface area (Å²) < 4.78 is 12.3. The molecule has 7 heteroatoms. The number of amides is 1. The highest BCUT2D eigenvalue weighted by molar-refractivity contribution is 5.80. The molecule has 1 atom stereocenters. The predicted octanol–water partition coefficient (Wildman–Crippen LogP) is 0.181. The van der Waals surface area contributed by atoms with Crippen LogP contribution in [0, 0.1) is 0 Å². The minimum atomic E-state index is -0.265. The number of nitrogens with one attached hydrogen (secondary N) is 1. The molecule has 0 aromatic carbocycles. The van der Waals surface area contributed by atoms with Crippen LogP contribution < -0.4 is 5.32 Å². The van der Waals surface area contributed by atoms with E-state index >= 15 is 0 Å². The van der Waals surface area contributed by atoms with Gasteiger partial charge in [0.25, 0.3) is 0 Å². The molecule has 1 N–H and O–H groups in total. The molecule has 3 rings (SSSR count). The van der Waals surface area contributed by atoms with Crippen LogP contribution in [0.3, 0.4) is 0 Å². The van der Waals surface area contributed by atoms with Crippen molar-refractivity contribution in [3.05, 3.63) is 18.0 Å². The first-order chi connectivity index (χ1) is 10.8. The molecule has 1 aromatic rings. The molecule has 7 nitrogen and oxygen atoms in total. The molecule has 2 aliphatic heterocycles. The molecule has 0 aliphatic carbocycles. The smallest absolute Gasteiger partial charge is 0.246 e. The zero-order chi connectivity index (χ0) is 15.4. The Morgan fingerprint density at radius 1 is 1.50 bits per heavy atom. The fourth-order valence-electron chi connectivity index (χ4n) is 3.24. The quantitative estimate of drug-likeness (QED) is 0.786. The summed E-state index contributed by atoms with van der Waals surface area (Å²) in [7, 11) is 1.63. The summed E-state index contributed by atoms with van der Waals surface area (Å²) in [6.45, 7) is 4.23. The first-order valence-corrected chi connectivity index (χ1v) is 7.90. The maximum atomic E-state index is 12.5. The van der Waals surface area contributed by atoms with Crippen LogP contribution in [0.2, 0.25) is 0 Å². The normalized spacial score (nSPS) is 23.2. The Morgan fingerprint density at radius 2 is 2.32 bits per heavy atom. The van der Waals surface area contributed by atoms with Crippen LogP contribution in [0.25, 0.3) is 0 Å². The topological polar surface area (TPSA) is 68.6 Å². The van der Waals surface area contributed by atoms with E-state index in [9.17, 15) is 4.79 Å². The van der Waals surface area contributed by atoms with Gasteiger partial charge in [-0.1, -0.05) is 0 Å². The van der Waals surface area contributed by atoms with E-state index in [0.717, 1.165) is 38.3 Å². The third-order valence-corrected chi connectivity index (χ3v) is 4.44. The number of rotatable bonds is 5. The van der Waals surface area contributed by atoms with Crippen molar-refractivity contribution in [3.8, 4) is 0 Å². The third-order valence-electron chi connectivity index (χ3n) is 4.44. The maximum absolute atomic E-state index is 12.5. The summed E-state index contributed by atoms with van der Waals surface area (Å²) in [5.41, 5.74) is 1.10. The predicted molar refractivity (Wildman–Crippen MR) is 80.4 cm³/mol. The molecule has 122 valence electrons. The van der Waals surface area contributed by atoms with Gasteiger partial charge < -0.3 is 14.8 Å². The van der Waals surface area contributed by atoms with E-state index in [1.807, 2.05) is 10.7 Å². The van der Waals surface area contributed by atoms with E-state index in [0.29, 0.717) is 25.7 Å². The summed E-state index contributed by atoms with van der Waals surface area (Å²) in [6.07, 6.45) is 3.84. The number of fused-ring (bicyclic) bond motifs is 1. The van der Waals surface area contributed by atoms with Gasteiger partial charge in [-0.2, -0.15) is 5.10 Å². The fraction of sp³-hybridized carbons (Fsp3) is 0.733. The third kappa shape index (κ3) is 3.31. The lowest BCUT2D eigenvalue weighted by molar-refractivity contribution is -0.126. The highest BCUT2D eigenvalue weighted by Crippen LogP contribution is 2.25. The van der Waals surface area contributed by atoms with Gasteiger partial charge in [0, 0.05) is 52.2 Å². The first kappa shape index (κ1) is 15.5. The van der Waals surface area contributed by atoms with E-state index in [2.05, 4.69) is 15.3 Å². The lowest BCUT2D eigenvalue weighted by Gasteiger charge is -2.39. The molecule has 1 fully saturated rings. The van der Waals surface area contributed by atoms with Crippen molar-refractivity contribution < 1.29 is 14.3 Å². The van der Waals surface area contributed by atoms with Gasteiger partial charge in [0.05, 0.1) is 12.3 Å². The van der Waals surface area contributed by atoms with Crippen LogP contribution in [0.4, 0.5) is 0 Å². The number of carbonyl (C=O) groups is 1. The molecule has 1 amide bonds. The summed E-state index contributed by atoms with van der Waals surface area (Å²) >= 11 is 0. The largest absolute Gasteiger partial charge is 0.383 e. The van der Waals surface area contributed by atoms with Crippen LogP contribution in [0.1, 0.15) is 24.6 Å². The Hall–Kier alpha value is -1.44. The zero-order valence-electron chi connectivity index (χ0n) is 13.0. The number of ether oxygens (including phenoxy) is 2. The molecule has 0 saturated carbocycles. The molecule has 22 heavy (non-hydrogen) atoms. The van der Waals surface area contributed by atoms with E-state index < -0.39 is 0 Å². The number of hydrogen-bond donors (Lipinski definition) is 1. The van der Waals surface area contributed by atoms with Gasteiger partial charge in [-0.05, 0) is 18.9 Å². The Bertz CT molecular complexity index is 499. The lowest BCUT2D eigenvalue weighted by Crippen LogP contribution is -2.50. The van der Waals surface area contributed by atoms with Gasteiger partial charge in [-0.3, -0.25) is 14.4 Å². The summed E-state index contributed by atoms with van der Waals surface area (Å²) in [5, 5.41) is 7.27. The monoisotopic (exact) mass is 308 g/mol. The molecule has 3 heterocycles. The number of nitrogens with zero attached hydrogens (tertiary/aromatic N) is 3. The van der Waals surface area contributed by atoms with E-state index in [-0.39, 0.29) is 11.9 Å². The number of carbonyl (C=O) groups excluding carboxylic acids is 1. The minimum Gasteiger partial charge on any atom is -0.383 e. The highest BCUT2D eigenvalue weighted by atomic mass is 16.5. The SMILES string of the molecule is COCCNC(=O)C1CN(C2CCOCC2)Cc2ccnn21. The average Bonchev–Trinajstić information content (AvgIpc) is 3.03. The van der Waals surface area contributed by atoms with Crippen molar-refractivity contribution in [3.63, 3.8) is 0 Å². The van der Waals surface area contributed by atoms with E-state index in [1.165, 1.54) is 0 Å². The average molecular weight is 308 g/mol. The van der Waals surface area contributed by atoms with Gasteiger partial charge in [0.2, 0.25) is 5.91 Å². The second-order valence-corrected chi connectivity index (χ2v) is 5.84. The van der Waals surface area contributed by atoms with Crippen molar-refractivity contribution >= 4 is 5.91 Å². The molecule has 1 aromatic heterocycles. The number of methoxy groups -OCH3 is 1. The molecular formula is C15H24N4O3. The Balaban J connectivity index is 1.70. The van der Waals surface area contributed by atoms with Crippen molar-refractivity contribution in [2.45, 2.75) is 31.5 Å². The van der Waals surface area contributed by atoms with E-state index in [4.69, 9.17) is 9.47 Å². The van der Waals surface area contributed by atoms with Crippen molar-refractivity contribution in [1.82, 2.24) is 20.0 Å². The lowest BCUT2D eigenvalue weighted by atomic mass is 10.0. The minimum absolute atomic E-state index is 0.0127. The fourth-order valence-corrected chi connectivity index (χ4v) is 3.24. The second kappa shape index (κ2) is 7.21. The van der Waals surface area contributed by atoms with E-state index in [1.54, 1.807) is 13.3 Å². The zero-order valence-corrected chi connectivity index (χ0v) is 13.0. The molecule has 1 saturated heterocycles. The second-order valence-electron chi connectivity index (χ2n) is 5.84. The van der Waals surface area contributed by atoms with Gasteiger partial charge in [0.15, 0.2) is 0 Å². The standard InChI is InChI=1S/C15H24N4O3/c1-21-9-6-16-15(20)14-11-18(12-3-7-22-8-4-12)10-13-2-5-17-19(13)14/h2,5,12,14H,3-4,6-11H2,1H3,(H,16,20). The van der Waals surface area contributed by atoms with Crippen LogP contribution in [-0.2, 0) is 20.8 Å². The Morgan fingerprint density at radius 3 is 3.09 bits per heavy atom. The Labute approximate surface area is 130 Å². The molecule has 0 spiro atoms. The van der Waals surface area contributed by atoms with Crippen LogP contribution in [0.15, 0.2) is 12.3 Å². The van der Waals surface area contributed by atoms with Crippen molar-refractivity contribution in [2.24, 2.45) is 0 Å². The molecule has 0 radical (unpaired) electrons. The number of aromatic nitrogens is 2. The molecule has 0 bridgehead atoms. The highest BCUT2D eigenvalue weighted by Gasteiger charge is 2.34. The van der Waals surface area contributed by atoms with Crippen LogP contribution in [0.5, 0.6) is 0 Å². The first-order valence-electron chi connectivity index (χ1n) is 7.90. The van der Waals surface area contributed by atoms with Gasteiger partial charge in [-0.25, -0.2) is 0 Å². The van der Waals surface area contributed by atoms with Gasteiger partial charge >= 0.3 is 0 Å². The summed E-state index contributed by atoms with van der Waals surface area (Å²) in [5.74, 6) is 0.0127. The van der Waals surface area contributed by atoms with Crippen molar-refractivity contribution in [2.75, 3.05) is 40.0 Å². The number of hydrogen-bond acceptors (Lipinski definition) is 5. The van der Waals surface area contributed by atoms with Crippen molar-refractivity contribution in [1.29, 1.82) is 0 Å². The molecule has 1 unspecified atom stereocenters. The summed E-state index contributed by atoms with van der Waals surface area (Å²) in [4.78, 5) is 14.9. The van der Waals surface area contributed by atoms with Gasteiger partial charge in [-0.15, -0.1) is 0 Å². The summed E-state index contributed by atoms with van der Waals surface area (Å²) in [6, 6.07) is 2.23. The van der Waals surface area contributed by atoms with Crippen LogP contribution >= 0.6 is 0 Å².